The molecule has 0 saturated carbocycles. The maximum Gasteiger partial charge on any atom is 0.253 e. The van der Waals surface area contributed by atoms with Gasteiger partial charge in [0.1, 0.15) is 0 Å². The quantitative estimate of drug-likeness (QED) is 0.780. The monoisotopic (exact) mass is 204 g/mol. The third-order valence-electron chi connectivity index (χ3n) is 2.88. The molecule has 1 saturated heterocycles. The van der Waals surface area contributed by atoms with Gasteiger partial charge in [-0.2, -0.15) is 0 Å². The lowest BCUT2D eigenvalue weighted by atomic mass is 10.1. The molecule has 0 radical (unpaired) electrons. The summed E-state index contributed by atoms with van der Waals surface area (Å²) in [6, 6.07) is 8.21. The fraction of sp³-hybridized carbons (Fsp3) is 0.417. The van der Waals surface area contributed by atoms with E-state index in [4.69, 9.17) is 0 Å². The SMILES string of the molecule is CNC1CN(C(=O)c2ccc(C)cc2)C1. The van der Waals surface area contributed by atoms with Crippen molar-refractivity contribution in [1.82, 2.24) is 10.2 Å². The van der Waals surface area contributed by atoms with Crippen molar-refractivity contribution in [1.29, 1.82) is 0 Å². The van der Waals surface area contributed by atoms with Crippen LogP contribution in [-0.4, -0.2) is 37.0 Å². The first kappa shape index (κ1) is 10.2. The standard InChI is InChI=1S/C12H16N2O/c1-9-3-5-10(6-4-9)12(15)14-7-11(8-14)13-2/h3-6,11,13H,7-8H2,1-2H3. The first-order chi connectivity index (χ1) is 7.20. The number of carbonyl (C=O) groups excluding carboxylic acids is 1. The number of hydrogen-bond acceptors (Lipinski definition) is 2. The highest BCUT2D eigenvalue weighted by molar-refractivity contribution is 5.94. The second kappa shape index (κ2) is 4.03. The second-order valence-corrected chi connectivity index (χ2v) is 4.06. The molecule has 0 bridgehead atoms. The van der Waals surface area contributed by atoms with Crippen molar-refractivity contribution in [2.75, 3.05) is 20.1 Å². The Kier molecular flexibility index (Phi) is 2.73. The predicted octanol–water partition coefficient (Wildman–Crippen LogP) is 1.04. The Hall–Kier alpha value is -1.35. The van der Waals surface area contributed by atoms with Crippen molar-refractivity contribution >= 4 is 5.91 Å². The molecular weight excluding hydrogens is 188 g/mol. The molecule has 3 heteroatoms. The summed E-state index contributed by atoms with van der Waals surface area (Å²) < 4.78 is 0. The molecule has 1 amide bonds. The number of likely N-dealkylation sites (N-methyl/N-ethyl adjacent to an activating group) is 1. The van der Waals surface area contributed by atoms with Gasteiger partial charge in [0, 0.05) is 24.7 Å². The first-order valence-corrected chi connectivity index (χ1v) is 5.24. The van der Waals surface area contributed by atoms with Crippen molar-refractivity contribution in [3.63, 3.8) is 0 Å². The summed E-state index contributed by atoms with van der Waals surface area (Å²) in [5.41, 5.74) is 1.97. The number of benzene rings is 1. The molecule has 1 fully saturated rings. The van der Waals surface area contributed by atoms with E-state index < -0.39 is 0 Å². The molecule has 0 aromatic heterocycles. The summed E-state index contributed by atoms with van der Waals surface area (Å²) in [4.78, 5) is 13.8. The zero-order valence-electron chi connectivity index (χ0n) is 9.16. The number of nitrogens with zero attached hydrogens (tertiary/aromatic N) is 1. The lowest BCUT2D eigenvalue weighted by molar-refractivity contribution is 0.0577. The summed E-state index contributed by atoms with van der Waals surface area (Å²) in [5.74, 6) is 0.140. The number of amides is 1. The van der Waals surface area contributed by atoms with Crippen molar-refractivity contribution in [3.05, 3.63) is 35.4 Å². The normalized spacial score (nSPS) is 16.3. The molecule has 0 spiro atoms. The molecule has 1 heterocycles. The van der Waals surface area contributed by atoms with Crippen molar-refractivity contribution in [2.24, 2.45) is 0 Å². The highest BCUT2D eigenvalue weighted by Gasteiger charge is 2.29. The number of rotatable bonds is 2. The Morgan fingerprint density at radius 3 is 2.47 bits per heavy atom. The van der Waals surface area contributed by atoms with Gasteiger partial charge >= 0.3 is 0 Å². The Morgan fingerprint density at radius 2 is 1.93 bits per heavy atom. The van der Waals surface area contributed by atoms with Crippen LogP contribution in [0.15, 0.2) is 24.3 Å². The van der Waals surface area contributed by atoms with Crippen molar-refractivity contribution in [3.8, 4) is 0 Å². The minimum Gasteiger partial charge on any atom is -0.335 e. The van der Waals surface area contributed by atoms with E-state index in [1.807, 2.05) is 43.1 Å². The largest absolute Gasteiger partial charge is 0.335 e. The third kappa shape index (κ3) is 2.02. The fourth-order valence-corrected chi connectivity index (χ4v) is 1.71. The van der Waals surface area contributed by atoms with Crippen LogP contribution in [-0.2, 0) is 0 Å². The molecular formula is C12H16N2O. The van der Waals surface area contributed by atoms with Crippen LogP contribution in [0.2, 0.25) is 0 Å². The first-order valence-electron chi connectivity index (χ1n) is 5.24. The number of hydrogen-bond donors (Lipinski definition) is 1. The second-order valence-electron chi connectivity index (χ2n) is 4.06. The summed E-state index contributed by atoms with van der Waals surface area (Å²) in [6.45, 7) is 3.67. The van der Waals surface area contributed by atoms with Crippen LogP contribution >= 0.6 is 0 Å². The van der Waals surface area contributed by atoms with E-state index in [-0.39, 0.29) is 5.91 Å². The molecule has 1 aromatic rings. The zero-order valence-corrected chi connectivity index (χ0v) is 9.16. The van der Waals surface area contributed by atoms with Gasteiger partial charge in [0.25, 0.3) is 5.91 Å². The molecule has 1 aliphatic heterocycles. The van der Waals surface area contributed by atoms with E-state index in [0.717, 1.165) is 18.7 Å². The molecule has 3 nitrogen and oxygen atoms in total. The number of likely N-dealkylation sites (tertiary alicyclic amines) is 1. The number of carbonyl (C=O) groups is 1. The van der Waals surface area contributed by atoms with E-state index in [1.165, 1.54) is 5.56 Å². The van der Waals surface area contributed by atoms with Crippen LogP contribution in [0.5, 0.6) is 0 Å². The summed E-state index contributed by atoms with van der Waals surface area (Å²) in [5, 5.41) is 3.15. The van der Waals surface area contributed by atoms with E-state index in [1.54, 1.807) is 0 Å². The predicted molar refractivity (Wildman–Crippen MR) is 59.9 cm³/mol. The van der Waals surface area contributed by atoms with Gasteiger partial charge in [0.05, 0.1) is 0 Å². The molecule has 2 rings (SSSR count). The van der Waals surface area contributed by atoms with Gasteiger partial charge in [0.15, 0.2) is 0 Å². The molecule has 15 heavy (non-hydrogen) atoms. The zero-order chi connectivity index (χ0) is 10.8. The molecule has 1 N–H and O–H groups in total. The van der Waals surface area contributed by atoms with Crippen LogP contribution < -0.4 is 5.32 Å². The maximum atomic E-state index is 11.9. The molecule has 1 aliphatic rings. The van der Waals surface area contributed by atoms with Crippen LogP contribution in [0.25, 0.3) is 0 Å². The van der Waals surface area contributed by atoms with Crippen LogP contribution in [0, 0.1) is 6.92 Å². The lowest BCUT2D eigenvalue weighted by Gasteiger charge is -2.39. The van der Waals surface area contributed by atoms with Crippen molar-refractivity contribution < 1.29 is 4.79 Å². The Morgan fingerprint density at radius 1 is 1.33 bits per heavy atom. The van der Waals surface area contributed by atoms with E-state index in [9.17, 15) is 4.79 Å². The smallest absolute Gasteiger partial charge is 0.253 e. The van der Waals surface area contributed by atoms with Gasteiger partial charge in [-0.15, -0.1) is 0 Å². The number of nitrogens with one attached hydrogen (secondary N) is 1. The van der Waals surface area contributed by atoms with E-state index in [0.29, 0.717) is 6.04 Å². The average molecular weight is 204 g/mol. The van der Waals surface area contributed by atoms with Crippen LogP contribution in [0.3, 0.4) is 0 Å². The molecule has 0 aliphatic carbocycles. The van der Waals surface area contributed by atoms with Crippen molar-refractivity contribution in [2.45, 2.75) is 13.0 Å². The Bertz CT molecular complexity index is 352. The van der Waals surface area contributed by atoms with Gasteiger partial charge in [-0.05, 0) is 26.1 Å². The average Bonchev–Trinajstić information content (AvgIpc) is 2.17. The van der Waals surface area contributed by atoms with Gasteiger partial charge < -0.3 is 10.2 Å². The summed E-state index contributed by atoms with van der Waals surface area (Å²) in [6.07, 6.45) is 0. The van der Waals surface area contributed by atoms with E-state index in [2.05, 4.69) is 5.32 Å². The fourth-order valence-electron chi connectivity index (χ4n) is 1.71. The van der Waals surface area contributed by atoms with Crippen LogP contribution in [0.4, 0.5) is 0 Å². The molecule has 0 unspecified atom stereocenters. The number of aryl methyl sites for hydroxylation is 1. The minimum absolute atomic E-state index is 0.140. The minimum atomic E-state index is 0.140. The Balaban J connectivity index is 2.00. The highest BCUT2D eigenvalue weighted by atomic mass is 16.2. The maximum absolute atomic E-state index is 11.9. The topological polar surface area (TPSA) is 32.3 Å². The summed E-state index contributed by atoms with van der Waals surface area (Å²) in [7, 11) is 1.93. The highest BCUT2D eigenvalue weighted by Crippen LogP contribution is 2.13. The Labute approximate surface area is 90.1 Å². The van der Waals surface area contributed by atoms with Gasteiger partial charge in [0.2, 0.25) is 0 Å². The summed E-state index contributed by atoms with van der Waals surface area (Å²) >= 11 is 0. The van der Waals surface area contributed by atoms with Gasteiger partial charge in [-0.1, -0.05) is 17.7 Å². The molecule has 80 valence electrons. The van der Waals surface area contributed by atoms with E-state index >= 15 is 0 Å². The van der Waals surface area contributed by atoms with Gasteiger partial charge in [-0.25, -0.2) is 0 Å². The lowest BCUT2D eigenvalue weighted by Crippen LogP contribution is -2.58. The van der Waals surface area contributed by atoms with Crippen LogP contribution in [0.1, 0.15) is 15.9 Å². The molecule has 1 aromatic carbocycles. The van der Waals surface area contributed by atoms with Gasteiger partial charge in [-0.3, -0.25) is 4.79 Å². The third-order valence-corrected chi connectivity index (χ3v) is 2.88. The molecule has 0 atom stereocenters.